The molecule has 0 radical (unpaired) electrons. The van der Waals surface area contributed by atoms with Gasteiger partial charge in [-0.3, -0.25) is 9.78 Å². The van der Waals surface area contributed by atoms with Crippen LogP contribution in [0.15, 0.2) is 78.6 Å². The van der Waals surface area contributed by atoms with Gasteiger partial charge in [-0.05, 0) is 47.9 Å². The predicted octanol–water partition coefficient (Wildman–Crippen LogP) is 4.94. The highest BCUT2D eigenvalue weighted by Gasteiger charge is 2.24. The van der Waals surface area contributed by atoms with Crippen molar-refractivity contribution in [3.63, 3.8) is 0 Å². The molecule has 0 aliphatic heterocycles. The van der Waals surface area contributed by atoms with E-state index in [1.54, 1.807) is 6.92 Å². The molecule has 0 aliphatic rings. The zero-order chi connectivity index (χ0) is 21.0. The second-order valence-corrected chi connectivity index (χ2v) is 12.3. The van der Waals surface area contributed by atoms with E-state index in [1.807, 2.05) is 50.6 Å². The fourth-order valence-electron chi connectivity index (χ4n) is 3.34. The summed E-state index contributed by atoms with van der Waals surface area (Å²) in [6.45, 7) is 6.23. The van der Waals surface area contributed by atoms with Crippen molar-refractivity contribution in [2.45, 2.75) is 20.0 Å². The van der Waals surface area contributed by atoms with E-state index in [4.69, 9.17) is 0 Å². The van der Waals surface area contributed by atoms with Crippen molar-refractivity contribution >= 4 is 30.4 Å². The lowest BCUT2D eigenvalue weighted by Gasteiger charge is -2.21. The molecule has 0 unspecified atom stereocenters. The van der Waals surface area contributed by atoms with E-state index >= 15 is 0 Å². The molecule has 3 rings (SSSR count). The topological polar surface area (TPSA) is 33.2 Å². The van der Waals surface area contributed by atoms with Crippen LogP contribution in [-0.2, 0) is 0 Å². The smallest absolute Gasteiger partial charge is 0.159 e. The van der Waals surface area contributed by atoms with E-state index in [1.165, 1.54) is 16.8 Å². The first-order valence-electron chi connectivity index (χ1n) is 9.81. The first-order valence-corrected chi connectivity index (χ1v) is 12.9. The lowest BCUT2D eigenvalue weighted by molar-refractivity contribution is 0.101. The Morgan fingerprint density at radius 2 is 1.41 bits per heavy atom. The Morgan fingerprint density at radius 1 is 0.862 bits per heavy atom. The predicted molar refractivity (Wildman–Crippen MR) is 126 cm³/mol. The lowest BCUT2D eigenvalue weighted by Crippen LogP contribution is -2.41. The number of aromatic nitrogens is 1. The van der Waals surface area contributed by atoms with Crippen LogP contribution in [0.1, 0.15) is 28.4 Å². The first kappa shape index (κ1) is 20.7. The number of anilines is 1. The van der Waals surface area contributed by atoms with Crippen molar-refractivity contribution in [1.29, 1.82) is 0 Å². The van der Waals surface area contributed by atoms with E-state index in [9.17, 15) is 4.79 Å². The third-order valence-electron chi connectivity index (χ3n) is 5.13. The van der Waals surface area contributed by atoms with E-state index in [-0.39, 0.29) is 5.78 Å². The maximum atomic E-state index is 11.7. The molecular formula is C25H28N2OSi. The van der Waals surface area contributed by atoms with Gasteiger partial charge in [-0.15, -0.1) is 0 Å². The first-order chi connectivity index (χ1) is 13.8. The maximum Gasteiger partial charge on any atom is 0.159 e. The van der Waals surface area contributed by atoms with Crippen molar-refractivity contribution in [3.05, 3.63) is 95.3 Å². The van der Waals surface area contributed by atoms with Crippen molar-refractivity contribution in [2.24, 2.45) is 0 Å². The molecule has 0 saturated heterocycles. The van der Waals surface area contributed by atoms with Crippen LogP contribution in [0.5, 0.6) is 0 Å². The third kappa shape index (κ3) is 4.90. The minimum atomic E-state index is -1.93. The quantitative estimate of drug-likeness (QED) is 0.434. The molecule has 0 aliphatic carbocycles. The number of benzene rings is 2. The fourth-order valence-corrected chi connectivity index (χ4v) is 5.47. The summed E-state index contributed by atoms with van der Waals surface area (Å²) in [4.78, 5) is 18.4. The average Bonchev–Trinajstić information content (AvgIpc) is 2.73. The van der Waals surface area contributed by atoms with Gasteiger partial charge in [0.2, 0.25) is 0 Å². The SMILES string of the molecule is CC(=O)c1ccc(/C(=C/[Si](C)(C)c2ccccn2)c2ccc(N(C)C)cc2)cc1. The lowest BCUT2D eigenvalue weighted by atomic mass is 9.97. The van der Waals surface area contributed by atoms with Gasteiger partial charge in [0.15, 0.2) is 5.78 Å². The Balaban J connectivity index is 2.11. The molecule has 2 aromatic carbocycles. The highest BCUT2D eigenvalue weighted by Crippen LogP contribution is 2.28. The average molecular weight is 401 g/mol. The van der Waals surface area contributed by atoms with Crippen molar-refractivity contribution in [1.82, 2.24) is 4.98 Å². The highest BCUT2D eigenvalue weighted by atomic mass is 28.3. The summed E-state index contributed by atoms with van der Waals surface area (Å²) in [5.41, 5.74) is 7.78. The van der Waals surface area contributed by atoms with Crippen molar-refractivity contribution in [3.8, 4) is 0 Å². The van der Waals surface area contributed by atoms with Gasteiger partial charge in [-0.1, -0.05) is 61.3 Å². The van der Waals surface area contributed by atoms with Crippen LogP contribution in [0.25, 0.3) is 5.57 Å². The second-order valence-electron chi connectivity index (χ2n) is 8.07. The van der Waals surface area contributed by atoms with Crippen LogP contribution in [0, 0.1) is 0 Å². The fraction of sp³-hybridized carbons (Fsp3) is 0.200. The van der Waals surface area contributed by atoms with Crippen LogP contribution in [0.3, 0.4) is 0 Å². The van der Waals surface area contributed by atoms with Gasteiger partial charge < -0.3 is 4.90 Å². The maximum absolute atomic E-state index is 11.7. The molecule has 0 saturated carbocycles. The number of ketones is 1. The van der Waals surface area contributed by atoms with Crippen molar-refractivity contribution < 1.29 is 4.79 Å². The summed E-state index contributed by atoms with van der Waals surface area (Å²) in [5, 5.41) is 1.16. The summed E-state index contributed by atoms with van der Waals surface area (Å²) < 4.78 is 0. The molecule has 0 fully saturated rings. The Bertz CT molecular complexity index is 1000. The molecule has 0 bridgehead atoms. The van der Waals surface area contributed by atoms with Gasteiger partial charge in [0.1, 0.15) is 8.07 Å². The summed E-state index contributed by atoms with van der Waals surface area (Å²) in [7, 11) is 2.16. The molecule has 1 aromatic heterocycles. The van der Waals surface area contributed by atoms with Gasteiger partial charge in [-0.2, -0.15) is 0 Å². The number of Topliss-reactive ketones (excluding diaryl/α,β-unsaturated/α-hetero) is 1. The Morgan fingerprint density at radius 3 is 1.90 bits per heavy atom. The summed E-state index contributed by atoms with van der Waals surface area (Å²) in [5.74, 6) is 0.0839. The van der Waals surface area contributed by atoms with Crippen LogP contribution in [-0.4, -0.2) is 32.9 Å². The standard InChI is InChI=1S/C25H28N2OSi/c1-19(28)20-9-11-21(12-10-20)24(22-13-15-23(16-14-22)27(2)3)18-29(4,5)25-8-6-7-17-26-25/h6-18H,1-5H3/b24-18-. The van der Waals surface area contributed by atoms with Gasteiger partial charge in [-0.25, -0.2) is 0 Å². The van der Waals surface area contributed by atoms with Gasteiger partial charge in [0, 0.05) is 36.9 Å². The van der Waals surface area contributed by atoms with Gasteiger partial charge >= 0.3 is 0 Å². The monoisotopic (exact) mass is 400 g/mol. The molecule has 148 valence electrons. The number of carbonyl (C=O) groups excluding carboxylic acids is 1. The van der Waals surface area contributed by atoms with E-state index < -0.39 is 8.07 Å². The number of hydrogen-bond acceptors (Lipinski definition) is 3. The zero-order valence-electron chi connectivity index (χ0n) is 17.8. The number of nitrogens with zero attached hydrogens (tertiary/aromatic N) is 2. The highest BCUT2D eigenvalue weighted by molar-refractivity contribution is 6.94. The molecular weight excluding hydrogens is 372 g/mol. The van der Waals surface area contributed by atoms with E-state index in [0.29, 0.717) is 0 Å². The van der Waals surface area contributed by atoms with Gasteiger partial charge in [0.25, 0.3) is 0 Å². The molecule has 1 heterocycles. The molecule has 29 heavy (non-hydrogen) atoms. The van der Waals surface area contributed by atoms with Gasteiger partial charge in [0.05, 0.1) is 0 Å². The number of hydrogen-bond donors (Lipinski definition) is 0. The normalized spacial score (nSPS) is 12.0. The van der Waals surface area contributed by atoms with Crippen LogP contribution in [0.2, 0.25) is 13.1 Å². The molecule has 3 nitrogen and oxygen atoms in total. The minimum absolute atomic E-state index is 0.0839. The molecule has 0 spiro atoms. The zero-order valence-corrected chi connectivity index (χ0v) is 18.8. The van der Waals surface area contributed by atoms with E-state index in [0.717, 1.165) is 16.4 Å². The molecule has 4 heteroatoms. The van der Waals surface area contributed by atoms with Crippen LogP contribution >= 0.6 is 0 Å². The van der Waals surface area contributed by atoms with Crippen molar-refractivity contribution in [2.75, 3.05) is 19.0 Å². The minimum Gasteiger partial charge on any atom is -0.378 e. The third-order valence-corrected chi connectivity index (χ3v) is 7.75. The van der Waals surface area contributed by atoms with E-state index in [2.05, 4.69) is 65.1 Å². The molecule has 0 amide bonds. The Hall–Kier alpha value is -2.98. The molecule has 0 N–H and O–H groups in total. The second kappa shape index (κ2) is 8.58. The molecule has 0 atom stereocenters. The Kier molecular flexibility index (Phi) is 6.14. The summed E-state index contributed by atoms with van der Waals surface area (Å²) in [6, 6.07) is 22.7. The van der Waals surface area contributed by atoms with Crippen LogP contribution in [0.4, 0.5) is 5.69 Å². The number of rotatable bonds is 6. The summed E-state index contributed by atoms with van der Waals surface area (Å²) in [6.07, 6.45) is 1.87. The number of pyridine rings is 1. The van der Waals surface area contributed by atoms with Crippen LogP contribution < -0.4 is 10.2 Å². The Labute approximate surface area is 174 Å². The largest absolute Gasteiger partial charge is 0.378 e. The summed E-state index contributed by atoms with van der Waals surface area (Å²) >= 11 is 0. The molecule has 3 aromatic rings. The number of carbonyl (C=O) groups is 1.